The molecule has 1 saturated heterocycles. The van der Waals surface area contributed by atoms with E-state index in [1.165, 1.54) is 0 Å². The monoisotopic (exact) mass is 340 g/mol. The Balaban J connectivity index is 2.28. The molecule has 0 radical (unpaired) electrons. The van der Waals surface area contributed by atoms with Gasteiger partial charge in [0.25, 0.3) is 5.91 Å². The van der Waals surface area contributed by atoms with Gasteiger partial charge in [0.05, 0.1) is 18.7 Å². The summed E-state index contributed by atoms with van der Waals surface area (Å²) >= 11 is 6.31. The van der Waals surface area contributed by atoms with Gasteiger partial charge in [0.2, 0.25) is 0 Å². The normalized spacial score (nSPS) is 21.2. The quantitative estimate of drug-likeness (QED) is 0.895. The van der Waals surface area contributed by atoms with Gasteiger partial charge in [-0.3, -0.25) is 4.79 Å². The standard InChI is InChI=1S/C17H25ClN2O3/c1-5-8-23-16-14(18)9-13(10-15(16)22-4)17(21)20-7-6-19-11(2)12(20)3/h9-12,19H,5-8H2,1-4H3. The zero-order valence-electron chi connectivity index (χ0n) is 14.2. The highest BCUT2D eigenvalue weighted by atomic mass is 35.5. The summed E-state index contributed by atoms with van der Waals surface area (Å²) in [6.07, 6.45) is 0.871. The molecular weight excluding hydrogens is 316 g/mol. The number of hydrogen-bond donors (Lipinski definition) is 1. The summed E-state index contributed by atoms with van der Waals surface area (Å²) < 4.78 is 11.0. The molecule has 2 unspecified atom stereocenters. The molecule has 1 heterocycles. The van der Waals surface area contributed by atoms with Crippen LogP contribution in [-0.2, 0) is 0 Å². The van der Waals surface area contributed by atoms with Gasteiger partial charge in [-0.25, -0.2) is 0 Å². The topological polar surface area (TPSA) is 50.8 Å². The number of nitrogens with zero attached hydrogens (tertiary/aromatic N) is 1. The maximum Gasteiger partial charge on any atom is 0.254 e. The summed E-state index contributed by atoms with van der Waals surface area (Å²) in [6, 6.07) is 3.75. The van der Waals surface area contributed by atoms with Crippen LogP contribution in [0, 0.1) is 0 Å². The lowest BCUT2D eigenvalue weighted by atomic mass is 10.0. The van der Waals surface area contributed by atoms with Crippen molar-refractivity contribution in [1.82, 2.24) is 10.2 Å². The summed E-state index contributed by atoms with van der Waals surface area (Å²) in [5.41, 5.74) is 0.525. The first-order chi connectivity index (χ1) is 11.0. The number of halogens is 1. The zero-order valence-corrected chi connectivity index (χ0v) is 14.9. The summed E-state index contributed by atoms with van der Waals surface area (Å²) in [4.78, 5) is 14.7. The van der Waals surface area contributed by atoms with Crippen molar-refractivity contribution in [3.8, 4) is 11.5 Å². The molecule has 2 rings (SSSR count). The van der Waals surface area contributed by atoms with Crippen LogP contribution in [-0.4, -0.2) is 49.7 Å². The Morgan fingerprint density at radius 2 is 2.17 bits per heavy atom. The molecule has 1 fully saturated rings. The number of methoxy groups -OCH3 is 1. The fraction of sp³-hybridized carbons (Fsp3) is 0.588. The van der Waals surface area contributed by atoms with Gasteiger partial charge in [-0.2, -0.15) is 0 Å². The second-order valence-electron chi connectivity index (χ2n) is 5.82. The molecule has 0 saturated carbocycles. The molecule has 6 heteroatoms. The second-order valence-corrected chi connectivity index (χ2v) is 6.23. The first-order valence-electron chi connectivity index (χ1n) is 8.04. The number of rotatable bonds is 5. The van der Waals surface area contributed by atoms with E-state index in [0.717, 1.165) is 13.0 Å². The van der Waals surface area contributed by atoms with Gasteiger partial charge in [0.15, 0.2) is 11.5 Å². The molecule has 128 valence electrons. The lowest BCUT2D eigenvalue weighted by Crippen LogP contribution is -2.57. The molecule has 1 aromatic carbocycles. The number of piperazine rings is 1. The Morgan fingerprint density at radius 1 is 1.43 bits per heavy atom. The lowest BCUT2D eigenvalue weighted by Gasteiger charge is -2.38. The molecule has 1 N–H and O–H groups in total. The summed E-state index contributed by atoms with van der Waals surface area (Å²) in [5, 5.41) is 3.77. The SMILES string of the molecule is CCCOc1c(Cl)cc(C(=O)N2CCNC(C)C2C)cc1OC. The number of hydrogen-bond acceptors (Lipinski definition) is 4. The molecule has 0 aliphatic carbocycles. The van der Waals surface area contributed by atoms with Crippen LogP contribution < -0.4 is 14.8 Å². The van der Waals surface area contributed by atoms with Gasteiger partial charge in [-0.1, -0.05) is 18.5 Å². The third-order valence-electron chi connectivity index (χ3n) is 4.22. The van der Waals surface area contributed by atoms with Crippen molar-refractivity contribution in [3.63, 3.8) is 0 Å². The molecule has 0 spiro atoms. The number of amides is 1. The van der Waals surface area contributed by atoms with Crippen LogP contribution in [0.3, 0.4) is 0 Å². The van der Waals surface area contributed by atoms with Crippen molar-refractivity contribution in [2.45, 2.75) is 39.3 Å². The zero-order chi connectivity index (χ0) is 17.0. The van der Waals surface area contributed by atoms with Gasteiger partial charge in [-0.05, 0) is 32.4 Å². The largest absolute Gasteiger partial charge is 0.493 e. The predicted molar refractivity (Wildman–Crippen MR) is 91.8 cm³/mol. The fourth-order valence-electron chi connectivity index (χ4n) is 2.70. The first kappa shape index (κ1) is 17.9. The van der Waals surface area contributed by atoms with Crippen molar-refractivity contribution < 1.29 is 14.3 Å². The van der Waals surface area contributed by atoms with Crippen LogP contribution in [0.4, 0.5) is 0 Å². The molecular formula is C17H25ClN2O3. The van der Waals surface area contributed by atoms with E-state index in [-0.39, 0.29) is 18.0 Å². The van der Waals surface area contributed by atoms with Gasteiger partial charge in [0, 0.05) is 30.7 Å². The van der Waals surface area contributed by atoms with Gasteiger partial charge >= 0.3 is 0 Å². The molecule has 23 heavy (non-hydrogen) atoms. The minimum Gasteiger partial charge on any atom is -0.493 e. The highest BCUT2D eigenvalue weighted by molar-refractivity contribution is 6.32. The van der Waals surface area contributed by atoms with Gasteiger partial charge in [0.1, 0.15) is 0 Å². The minimum absolute atomic E-state index is 0.0342. The molecule has 5 nitrogen and oxygen atoms in total. The summed E-state index contributed by atoms with van der Waals surface area (Å²) in [6.45, 7) is 8.17. The minimum atomic E-state index is -0.0342. The van der Waals surface area contributed by atoms with Crippen molar-refractivity contribution in [2.24, 2.45) is 0 Å². The smallest absolute Gasteiger partial charge is 0.254 e. The number of benzene rings is 1. The molecule has 1 aliphatic rings. The van der Waals surface area contributed by atoms with E-state index in [2.05, 4.69) is 12.2 Å². The maximum absolute atomic E-state index is 12.8. The average molecular weight is 341 g/mol. The average Bonchev–Trinajstić information content (AvgIpc) is 2.55. The summed E-state index contributed by atoms with van der Waals surface area (Å²) in [5.74, 6) is 0.951. The van der Waals surface area contributed by atoms with Crippen LogP contribution in [0.2, 0.25) is 5.02 Å². The molecule has 0 aromatic heterocycles. The number of carbonyl (C=O) groups is 1. The van der Waals surface area contributed by atoms with Crippen molar-refractivity contribution in [1.29, 1.82) is 0 Å². The Labute approximate surface area is 142 Å². The van der Waals surface area contributed by atoms with E-state index in [9.17, 15) is 4.79 Å². The Morgan fingerprint density at radius 3 is 2.83 bits per heavy atom. The third kappa shape index (κ3) is 3.90. The second kappa shape index (κ2) is 7.88. The van der Waals surface area contributed by atoms with Crippen molar-refractivity contribution >= 4 is 17.5 Å². The molecule has 1 amide bonds. The highest BCUT2D eigenvalue weighted by Gasteiger charge is 2.29. The van der Waals surface area contributed by atoms with E-state index >= 15 is 0 Å². The molecule has 2 atom stereocenters. The van der Waals surface area contributed by atoms with Crippen LogP contribution in [0.5, 0.6) is 11.5 Å². The van der Waals surface area contributed by atoms with E-state index in [0.29, 0.717) is 35.2 Å². The van der Waals surface area contributed by atoms with Gasteiger partial charge in [-0.15, -0.1) is 0 Å². The van der Waals surface area contributed by atoms with Gasteiger partial charge < -0.3 is 19.7 Å². The molecule has 1 aromatic rings. The number of nitrogens with one attached hydrogen (secondary N) is 1. The van der Waals surface area contributed by atoms with Crippen LogP contribution >= 0.6 is 11.6 Å². The Hall–Kier alpha value is -1.46. The van der Waals surface area contributed by atoms with E-state index < -0.39 is 0 Å². The Kier molecular flexibility index (Phi) is 6.13. The maximum atomic E-state index is 12.8. The predicted octanol–water partition coefficient (Wildman–Crippen LogP) is 2.96. The third-order valence-corrected chi connectivity index (χ3v) is 4.50. The highest BCUT2D eigenvalue weighted by Crippen LogP contribution is 2.37. The summed E-state index contributed by atoms with van der Waals surface area (Å²) in [7, 11) is 1.55. The molecule has 1 aliphatic heterocycles. The lowest BCUT2D eigenvalue weighted by molar-refractivity contribution is 0.0602. The number of carbonyl (C=O) groups excluding carboxylic acids is 1. The number of ether oxygens (including phenoxy) is 2. The molecule has 0 bridgehead atoms. The fourth-order valence-corrected chi connectivity index (χ4v) is 2.96. The van der Waals surface area contributed by atoms with Crippen LogP contribution in [0.1, 0.15) is 37.6 Å². The Bertz CT molecular complexity index is 565. The van der Waals surface area contributed by atoms with Crippen LogP contribution in [0.25, 0.3) is 0 Å². The van der Waals surface area contributed by atoms with E-state index in [4.69, 9.17) is 21.1 Å². The first-order valence-corrected chi connectivity index (χ1v) is 8.42. The van der Waals surface area contributed by atoms with Crippen LogP contribution in [0.15, 0.2) is 12.1 Å². The van der Waals surface area contributed by atoms with Crippen molar-refractivity contribution in [2.75, 3.05) is 26.8 Å². The van der Waals surface area contributed by atoms with E-state index in [1.54, 1.807) is 19.2 Å². The van der Waals surface area contributed by atoms with E-state index in [1.807, 2.05) is 18.7 Å². The van der Waals surface area contributed by atoms with Crippen molar-refractivity contribution in [3.05, 3.63) is 22.7 Å².